The van der Waals surface area contributed by atoms with Crippen LogP contribution in [0.1, 0.15) is 6.92 Å². The fourth-order valence-corrected chi connectivity index (χ4v) is 4.48. The Morgan fingerprint density at radius 1 is 1.11 bits per heavy atom. The van der Waals surface area contributed by atoms with E-state index in [4.69, 9.17) is 0 Å². The van der Waals surface area contributed by atoms with Crippen LogP contribution in [0, 0.1) is 0 Å². The van der Waals surface area contributed by atoms with E-state index in [9.17, 15) is 4.79 Å². The van der Waals surface area contributed by atoms with Crippen molar-refractivity contribution in [3.05, 3.63) is 48.5 Å². The molecule has 9 heteroatoms. The van der Waals surface area contributed by atoms with Gasteiger partial charge in [-0.05, 0) is 25.1 Å². The number of nitrogens with one attached hydrogen (secondary N) is 2. The first-order chi connectivity index (χ1) is 13.7. The lowest BCUT2D eigenvalue weighted by Gasteiger charge is -2.08. The predicted molar refractivity (Wildman–Crippen MR) is 113 cm³/mol. The molecule has 28 heavy (non-hydrogen) atoms. The highest BCUT2D eigenvalue weighted by Gasteiger charge is 2.19. The van der Waals surface area contributed by atoms with Gasteiger partial charge in [0, 0.05) is 10.9 Å². The minimum absolute atomic E-state index is 0.149. The number of nitrogens with zero attached hydrogens (tertiary/aromatic N) is 4. The zero-order chi connectivity index (χ0) is 19.1. The van der Waals surface area contributed by atoms with Crippen LogP contribution in [-0.2, 0) is 4.79 Å². The Balaban J connectivity index is 1.34. The second-order valence-electron chi connectivity index (χ2n) is 6.20. The zero-order valence-electron chi connectivity index (χ0n) is 14.7. The van der Waals surface area contributed by atoms with Crippen LogP contribution in [0.5, 0.6) is 0 Å². The molecule has 0 bridgehead atoms. The lowest BCUT2D eigenvalue weighted by Crippen LogP contribution is -2.22. The van der Waals surface area contributed by atoms with Crippen LogP contribution in [0.25, 0.3) is 32.3 Å². The maximum atomic E-state index is 12.5. The number of amides is 1. The van der Waals surface area contributed by atoms with Crippen molar-refractivity contribution in [2.24, 2.45) is 0 Å². The summed E-state index contributed by atoms with van der Waals surface area (Å²) < 4.78 is 1.04. The molecule has 0 aliphatic carbocycles. The molecule has 5 rings (SSSR count). The largest absolute Gasteiger partial charge is 0.338 e. The number of anilines is 1. The first kappa shape index (κ1) is 17.1. The van der Waals surface area contributed by atoms with E-state index in [-0.39, 0.29) is 5.91 Å². The number of carbonyl (C=O) groups is 1. The molecule has 0 radical (unpaired) electrons. The quantitative estimate of drug-likeness (QED) is 0.434. The minimum atomic E-state index is -0.393. The number of rotatable bonds is 4. The first-order valence-corrected chi connectivity index (χ1v) is 10.3. The molecule has 0 fully saturated rings. The first-order valence-electron chi connectivity index (χ1n) is 8.61. The number of hydrogen-bond acceptors (Lipinski definition) is 7. The number of benzene rings is 2. The fourth-order valence-electron chi connectivity index (χ4n) is 2.90. The molecule has 0 saturated carbocycles. The summed E-state index contributed by atoms with van der Waals surface area (Å²) in [7, 11) is 0. The van der Waals surface area contributed by atoms with Crippen molar-refractivity contribution in [3.8, 4) is 0 Å². The maximum Gasteiger partial charge on any atom is 0.239 e. The summed E-state index contributed by atoms with van der Waals surface area (Å²) in [5.41, 5.74) is 3.23. The smallest absolute Gasteiger partial charge is 0.239 e. The molecule has 7 nitrogen and oxygen atoms in total. The highest BCUT2D eigenvalue weighted by atomic mass is 32.2. The summed E-state index contributed by atoms with van der Waals surface area (Å²) in [6, 6.07) is 15.6. The van der Waals surface area contributed by atoms with Crippen molar-refractivity contribution in [2.75, 3.05) is 5.32 Å². The molecule has 2 N–H and O–H groups in total. The minimum Gasteiger partial charge on any atom is -0.338 e. The molecular formula is C19H14N6OS2. The van der Waals surface area contributed by atoms with E-state index in [0.29, 0.717) is 15.9 Å². The lowest BCUT2D eigenvalue weighted by atomic mass is 10.2. The van der Waals surface area contributed by atoms with Gasteiger partial charge in [-0.3, -0.25) is 4.79 Å². The summed E-state index contributed by atoms with van der Waals surface area (Å²) in [5, 5.41) is 13.0. The highest BCUT2D eigenvalue weighted by Crippen LogP contribution is 2.28. The number of hydrogen-bond donors (Lipinski definition) is 2. The van der Waals surface area contributed by atoms with E-state index in [1.54, 1.807) is 0 Å². The molecule has 138 valence electrons. The lowest BCUT2D eigenvalue weighted by molar-refractivity contribution is -0.115. The van der Waals surface area contributed by atoms with Gasteiger partial charge in [-0.2, -0.15) is 0 Å². The van der Waals surface area contributed by atoms with Crippen molar-refractivity contribution in [1.29, 1.82) is 0 Å². The van der Waals surface area contributed by atoms with Crippen LogP contribution in [0.15, 0.2) is 53.7 Å². The Hall–Kier alpha value is -3.04. The van der Waals surface area contributed by atoms with E-state index in [1.165, 1.54) is 23.1 Å². The average molecular weight is 406 g/mol. The van der Waals surface area contributed by atoms with Crippen molar-refractivity contribution >= 4 is 66.4 Å². The van der Waals surface area contributed by atoms with Gasteiger partial charge in [0.05, 0.1) is 15.5 Å². The fraction of sp³-hybridized carbons (Fsp3) is 0.105. The molecule has 0 aliphatic heterocycles. The van der Waals surface area contributed by atoms with Gasteiger partial charge >= 0.3 is 0 Å². The van der Waals surface area contributed by atoms with Crippen LogP contribution in [-0.4, -0.2) is 36.3 Å². The Morgan fingerprint density at radius 3 is 2.82 bits per heavy atom. The third kappa shape index (κ3) is 3.08. The summed E-state index contributed by atoms with van der Waals surface area (Å²) in [4.78, 5) is 24.7. The summed E-state index contributed by atoms with van der Waals surface area (Å²) >= 11 is 2.72. The molecule has 1 unspecified atom stereocenters. The normalized spacial score (nSPS) is 12.6. The van der Waals surface area contributed by atoms with Crippen LogP contribution in [0.3, 0.4) is 0 Å². The second kappa shape index (κ2) is 6.84. The maximum absolute atomic E-state index is 12.5. The molecular weight excluding hydrogens is 392 g/mol. The number of fused-ring (bicyclic) bond motifs is 4. The van der Waals surface area contributed by atoms with Crippen molar-refractivity contribution in [2.45, 2.75) is 17.3 Å². The van der Waals surface area contributed by atoms with Crippen molar-refractivity contribution < 1.29 is 4.79 Å². The van der Waals surface area contributed by atoms with E-state index >= 15 is 0 Å². The number of thiazole rings is 1. The zero-order valence-corrected chi connectivity index (χ0v) is 16.3. The summed E-state index contributed by atoms with van der Waals surface area (Å²) in [5.74, 6) is -0.149. The van der Waals surface area contributed by atoms with Gasteiger partial charge < -0.3 is 10.3 Å². The second-order valence-corrected chi connectivity index (χ2v) is 8.54. The molecule has 5 aromatic rings. The van der Waals surface area contributed by atoms with Gasteiger partial charge in [-0.25, -0.2) is 9.97 Å². The van der Waals surface area contributed by atoms with Gasteiger partial charge in [0.1, 0.15) is 5.52 Å². The van der Waals surface area contributed by atoms with Crippen LogP contribution in [0.2, 0.25) is 0 Å². The third-order valence-electron chi connectivity index (χ3n) is 4.28. The van der Waals surface area contributed by atoms with Crippen LogP contribution in [0.4, 0.5) is 5.13 Å². The topological polar surface area (TPSA) is 96.5 Å². The number of para-hydroxylation sites is 2. The molecule has 0 aliphatic rings. The number of thioether (sulfide) groups is 1. The summed E-state index contributed by atoms with van der Waals surface area (Å²) in [6.07, 6.45) is 0. The van der Waals surface area contributed by atoms with Crippen molar-refractivity contribution in [3.63, 3.8) is 0 Å². The molecule has 1 atom stereocenters. The Morgan fingerprint density at radius 2 is 1.93 bits per heavy atom. The molecule has 0 saturated heterocycles. The number of aromatic amines is 1. The Bertz CT molecular complexity index is 1300. The van der Waals surface area contributed by atoms with Crippen LogP contribution < -0.4 is 5.32 Å². The molecule has 3 heterocycles. The molecule has 1 amide bonds. The average Bonchev–Trinajstić information content (AvgIpc) is 3.27. The van der Waals surface area contributed by atoms with Gasteiger partial charge in [0.15, 0.2) is 10.8 Å². The van der Waals surface area contributed by atoms with E-state index in [1.807, 2.05) is 55.5 Å². The van der Waals surface area contributed by atoms with Crippen LogP contribution >= 0.6 is 23.1 Å². The SMILES string of the molecule is CC(Sc1nnc2c(n1)[nH]c1ccccc12)C(=O)Nc1nc2ccccc2s1. The number of H-pyrrole nitrogens is 1. The van der Waals surface area contributed by atoms with E-state index < -0.39 is 5.25 Å². The predicted octanol–water partition coefficient (Wildman–Crippen LogP) is 4.24. The summed E-state index contributed by atoms with van der Waals surface area (Å²) in [6.45, 7) is 1.81. The third-order valence-corrected chi connectivity index (χ3v) is 6.18. The Kier molecular flexibility index (Phi) is 4.18. The van der Waals surface area contributed by atoms with Gasteiger partial charge in [0.2, 0.25) is 11.1 Å². The Labute approximate surface area is 167 Å². The highest BCUT2D eigenvalue weighted by molar-refractivity contribution is 8.00. The molecule has 2 aromatic carbocycles. The monoisotopic (exact) mass is 406 g/mol. The van der Waals surface area contributed by atoms with Crippen molar-refractivity contribution in [1.82, 2.24) is 25.1 Å². The number of carbonyl (C=O) groups excluding carboxylic acids is 1. The van der Waals surface area contributed by atoms with Gasteiger partial charge in [-0.15, -0.1) is 10.2 Å². The number of aromatic nitrogens is 5. The molecule has 3 aromatic heterocycles. The standard InChI is InChI=1S/C19H14N6OS2/c1-10(17(26)23-18-21-13-8-4-5-9-14(13)28-18)27-19-22-16-15(24-25-19)11-6-2-3-7-12(11)20-16/h2-10H,1H3,(H,20,22,25)(H,21,23,26). The molecule has 0 spiro atoms. The van der Waals surface area contributed by atoms with E-state index in [0.717, 1.165) is 26.6 Å². The van der Waals surface area contributed by atoms with Gasteiger partial charge in [-0.1, -0.05) is 53.4 Å². The van der Waals surface area contributed by atoms with Gasteiger partial charge in [0.25, 0.3) is 0 Å². The van der Waals surface area contributed by atoms with E-state index in [2.05, 4.69) is 30.5 Å².